The van der Waals surface area contributed by atoms with Crippen molar-refractivity contribution in [3.05, 3.63) is 55.1 Å². The number of rotatable bonds is 7. The average molecular weight is 550 g/mol. The zero-order chi connectivity index (χ0) is 21.4. The van der Waals surface area contributed by atoms with Gasteiger partial charge in [0.25, 0.3) is 0 Å². The minimum atomic E-state index is -0.856. The first-order chi connectivity index (χ1) is 13.8. The number of amides is 2. The van der Waals surface area contributed by atoms with Crippen LogP contribution in [0.3, 0.4) is 0 Å². The predicted molar refractivity (Wildman–Crippen MR) is 121 cm³/mol. The molecule has 0 aliphatic rings. The molecule has 0 saturated carbocycles. The van der Waals surface area contributed by atoms with E-state index in [4.69, 9.17) is 32.7 Å². The van der Waals surface area contributed by atoms with Crippen LogP contribution in [0.15, 0.2) is 35.4 Å². The minimum Gasteiger partial charge on any atom is -0.490 e. The van der Waals surface area contributed by atoms with Crippen molar-refractivity contribution in [2.75, 3.05) is 13.7 Å². The molecule has 0 radical (unpaired) electrons. The van der Waals surface area contributed by atoms with Crippen molar-refractivity contribution in [1.29, 1.82) is 0 Å². The molecular weight excluding hydrogens is 532 g/mol. The third kappa shape index (κ3) is 6.76. The van der Waals surface area contributed by atoms with Crippen molar-refractivity contribution in [3.8, 4) is 11.5 Å². The summed E-state index contributed by atoms with van der Waals surface area (Å²) in [4.78, 5) is 22.6. The van der Waals surface area contributed by atoms with Gasteiger partial charge in [-0.15, -0.1) is 0 Å². The molecule has 0 aromatic heterocycles. The van der Waals surface area contributed by atoms with Gasteiger partial charge in [-0.3, -0.25) is 9.59 Å². The molecule has 0 bridgehead atoms. The number of ether oxygens (including phenoxy) is 2. The molecule has 0 heterocycles. The quantitative estimate of drug-likeness (QED) is 0.238. The van der Waals surface area contributed by atoms with Crippen molar-refractivity contribution >= 4 is 63.8 Å². The fourth-order valence-corrected chi connectivity index (χ4v) is 3.28. The van der Waals surface area contributed by atoms with E-state index in [0.717, 1.165) is 9.13 Å². The summed E-state index contributed by atoms with van der Waals surface area (Å²) in [5, 5.41) is 6.93. The van der Waals surface area contributed by atoms with Gasteiger partial charge in [0.1, 0.15) is 6.61 Å². The Labute approximate surface area is 191 Å². The molecular formula is C19H18Cl2IN3O4. The number of hydrazone groups is 1. The third-order valence-electron chi connectivity index (χ3n) is 3.51. The van der Waals surface area contributed by atoms with Crippen molar-refractivity contribution in [3.63, 3.8) is 0 Å². The SMILES string of the molecule is CCOc1cc(/C=N\NC(=O)C(=O)NC)cc(I)c1OCc1ccc(Cl)c(Cl)c1. The summed E-state index contributed by atoms with van der Waals surface area (Å²) in [5.41, 5.74) is 3.67. The molecule has 7 nitrogen and oxygen atoms in total. The molecule has 2 rings (SSSR count). The number of halogens is 3. The molecule has 2 aromatic rings. The summed E-state index contributed by atoms with van der Waals surface area (Å²) in [6.45, 7) is 2.58. The van der Waals surface area contributed by atoms with Crippen LogP contribution in [0.1, 0.15) is 18.1 Å². The molecule has 0 aliphatic heterocycles. The second kappa shape index (κ2) is 11.2. The number of benzene rings is 2. The Balaban J connectivity index is 2.17. The van der Waals surface area contributed by atoms with E-state index in [1.165, 1.54) is 13.3 Å². The number of nitrogens with zero attached hydrogens (tertiary/aromatic N) is 1. The van der Waals surface area contributed by atoms with E-state index in [1.807, 2.05) is 19.1 Å². The van der Waals surface area contributed by atoms with Crippen molar-refractivity contribution in [1.82, 2.24) is 10.7 Å². The fraction of sp³-hybridized carbons (Fsp3) is 0.211. The first-order valence-corrected chi connectivity index (χ1v) is 10.3. The van der Waals surface area contributed by atoms with Crippen LogP contribution in [0.2, 0.25) is 10.0 Å². The maximum absolute atomic E-state index is 11.4. The summed E-state index contributed by atoms with van der Waals surface area (Å²) < 4.78 is 12.4. The van der Waals surface area contributed by atoms with Crippen LogP contribution in [0.5, 0.6) is 11.5 Å². The second-order valence-corrected chi connectivity index (χ2v) is 7.55. The van der Waals surface area contributed by atoms with Crippen LogP contribution in [0, 0.1) is 3.57 Å². The number of carbonyl (C=O) groups is 2. The van der Waals surface area contributed by atoms with E-state index in [0.29, 0.717) is 33.7 Å². The highest BCUT2D eigenvalue weighted by Crippen LogP contribution is 2.35. The van der Waals surface area contributed by atoms with E-state index in [1.54, 1.807) is 18.2 Å². The van der Waals surface area contributed by atoms with E-state index in [2.05, 4.69) is 38.4 Å². The molecule has 29 heavy (non-hydrogen) atoms. The summed E-state index contributed by atoms with van der Waals surface area (Å²) in [6.07, 6.45) is 1.41. The molecule has 0 aliphatic carbocycles. The molecule has 2 amide bonds. The fourth-order valence-electron chi connectivity index (χ4n) is 2.18. The lowest BCUT2D eigenvalue weighted by molar-refractivity contribution is -0.138. The monoisotopic (exact) mass is 549 g/mol. The summed E-state index contributed by atoms with van der Waals surface area (Å²) in [6, 6.07) is 8.82. The predicted octanol–water partition coefficient (Wildman–Crippen LogP) is 3.77. The Kier molecular flexibility index (Phi) is 8.99. The van der Waals surface area contributed by atoms with E-state index < -0.39 is 11.8 Å². The van der Waals surface area contributed by atoms with Gasteiger partial charge in [0.05, 0.1) is 26.4 Å². The highest BCUT2D eigenvalue weighted by Gasteiger charge is 2.13. The Morgan fingerprint density at radius 3 is 2.55 bits per heavy atom. The number of hydrogen-bond donors (Lipinski definition) is 2. The summed E-state index contributed by atoms with van der Waals surface area (Å²) in [5.74, 6) is -0.536. The molecule has 0 atom stereocenters. The molecule has 154 valence electrons. The first-order valence-electron chi connectivity index (χ1n) is 8.43. The Morgan fingerprint density at radius 1 is 1.14 bits per heavy atom. The lowest BCUT2D eigenvalue weighted by atomic mass is 10.2. The van der Waals surface area contributed by atoms with Gasteiger partial charge >= 0.3 is 11.8 Å². The second-order valence-electron chi connectivity index (χ2n) is 5.58. The molecule has 0 saturated heterocycles. The zero-order valence-corrected chi connectivity index (χ0v) is 19.3. The highest BCUT2D eigenvalue weighted by atomic mass is 127. The molecule has 2 aromatic carbocycles. The maximum Gasteiger partial charge on any atom is 0.329 e. The van der Waals surface area contributed by atoms with Crippen LogP contribution in [0.25, 0.3) is 0 Å². The topological polar surface area (TPSA) is 89.0 Å². The highest BCUT2D eigenvalue weighted by molar-refractivity contribution is 14.1. The van der Waals surface area contributed by atoms with Gasteiger partial charge in [0.15, 0.2) is 11.5 Å². The van der Waals surface area contributed by atoms with Crippen molar-refractivity contribution < 1.29 is 19.1 Å². The van der Waals surface area contributed by atoms with Crippen LogP contribution < -0.4 is 20.2 Å². The lowest BCUT2D eigenvalue weighted by Gasteiger charge is -2.15. The van der Waals surface area contributed by atoms with Crippen LogP contribution >= 0.6 is 45.8 Å². The summed E-state index contributed by atoms with van der Waals surface area (Å²) in [7, 11) is 1.36. The lowest BCUT2D eigenvalue weighted by Crippen LogP contribution is -2.35. The van der Waals surface area contributed by atoms with Gasteiger partial charge in [-0.05, 0) is 64.9 Å². The standard InChI is InChI=1S/C19H18Cl2IN3O4/c1-3-28-16-8-12(9-24-25-19(27)18(26)23-2)7-15(22)17(16)29-10-11-4-5-13(20)14(21)6-11/h4-9H,3,10H2,1-2H3,(H,23,26)(H,25,27)/b24-9-. The molecule has 10 heteroatoms. The maximum atomic E-state index is 11.4. The van der Waals surface area contributed by atoms with E-state index >= 15 is 0 Å². The Hall–Kier alpha value is -2.04. The molecule has 0 spiro atoms. The number of likely N-dealkylation sites (N-methyl/N-ethyl adjacent to an activating group) is 1. The Morgan fingerprint density at radius 2 is 1.90 bits per heavy atom. The summed E-state index contributed by atoms with van der Waals surface area (Å²) >= 11 is 14.1. The van der Waals surface area contributed by atoms with Crippen molar-refractivity contribution in [2.24, 2.45) is 5.10 Å². The average Bonchev–Trinajstić information content (AvgIpc) is 2.69. The minimum absolute atomic E-state index is 0.280. The van der Waals surface area contributed by atoms with E-state index in [-0.39, 0.29) is 6.61 Å². The Bertz CT molecular complexity index is 938. The van der Waals surface area contributed by atoms with Gasteiger partial charge < -0.3 is 14.8 Å². The normalized spacial score (nSPS) is 10.7. The van der Waals surface area contributed by atoms with Gasteiger partial charge in [0, 0.05) is 7.05 Å². The van der Waals surface area contributed by atoms with Gasteiger partial charge in [0.2, 0.25) is 0 Å². The largest absolute Gasteiger partial charge is 0.490 e. The number of nitrogens with one attached hydrogen (secondary N) is 2. The molecule has 2 N–H and O–H groups in total. The van der Waals surface area contributed by atoms with Crippen LogP contribution in [0.4, 0.5) is 0 Å². The van der Waals surface area contributed by atoms with Gasteiger partial charge in [-0.2, -0.15) is 5.10 Å². The van der Waals surface area contributed by atoms with Crippen molar-refractivity contribution in [2.45, 2.75) is 13.5 Å². The smallest absolute Gasteiger partial charge is 0.329 e. The first kappa shape index (κ1) is 23.2. The van der Waals surface area contributed by atoms with E-state index in [9.17, 15) is 9.59 Å². The van der Waals surface area contributed by atoms with Gasteiger partial charge in [-0.1, -0.05) is 29.3 Å². The van der Waals surface area contributed by atoms with Crippen LogP contribution in [-0.2, 0) is 16.2 Å². The van der Waals surface area contributed by atoms with Gasteiger partial charge in [-0.25, -0.2) is 5.43 Å². The zero-order valence-electron chi connectivity index (χ0n) is 15.6. The number of hydrogen-bond acceptors (Lipinski definition) is 5. The molecule has 0 unspecified atom stereocenters. The molecule has 0 fully saturated rings. The van der Waals surface area contributed by atoms with Crippen LogP contribution in [-0.4, -0.2) is 31.7 Å². The third-order valence-corrected chi connectivity index (χ3v) is 5.05. The number of carbonyl (C=O) groups excluding carboxylic acids is 2.